The van der Waals surface area contributed by atoms with Crippen molar-refractivity contribution < 1.29 is 12.8 Å². The van der Waals surface area contributed by atoms with Crippen LogP contribution in [-0.2, 0) is 10.0 Å². The zero-order valence-electron chi connectivity index (χ0n) is 9.80. The van der Waals surface area contributed by atoms with Gasteiger partial charge in [0.2, 0.25) is 10.0 Å². The maximum atomic E-state index is 13.7. The molecule has 0 bridgehead atoms. The van der Waals surface area contributed by atoms with Gasteiger partial charge in [0.1, 0.15) is 10.7 Å². The molecule has 1 heterocycles. The zero-order chi connectivity index (χ0) is 13.2. The van der Waals surface area contributed by atoms with Gasteiger partial charge in [-0.05, 0) is 30.4 Å². The number of nitrogens with zero attached hydrogens (tertiary/aromatic N) is 1. The van der Waals surface area contributed by atoms with E-state index in [1.54, 1.807) is 11.8 Å². The molecule has 0 spiro atoms. The number of hydrogen-bond acceptors (Lipinski definition) is 4. The van der Waals surface area contributed by atoms with Crippen molar-refractivity contribution in [2.75, 3.05) is 30.3 Å². The summed E-state index contributed by atoms with van der Waals surface area (Å²) in [5.74, 6) is 0.901. The maximum Gasteiger partial charge on any atom is 0.246 e. The van der Waals surface area contributed by atoms with Gasteiger partial charge in [-0.15, -0.1) is 0 Å². The predicted molar refractivity (Wildman–Crippen MR) is 71.5 cm³/mol. The van der Waals surface area contributed by atoms with Gasteiger partial charge < -0.3 is 5.73 Å². The summed E-state index contributed by atoms with van der Waals surface area (Å²) < 4.78 is 39.7. The van der Waals surface area contributed by atoms with Crippen LogP contribution < -0.4 is 5.73 Å². The Hall–Kier alpha value is -0.790. The fourth-order valence-electron chi connectivity index (χ4n) is 1.83. The van der Waals surface area contributed by atoms with Crippen LogP contribution in [0.5, 0.6) is 0 Å². The molecule has 2 rings (SSSR count). The Labute approximate surface area is 110 Å². The van der Waals surface area contributed by atoms with Crippen LogP contribution in [0.25, 0.3) is 0 Å². The lowest BCUT2D eigenvalue weighted by Crippen LogP contribution is -2.33. The van der Waals surface area contributed by atoms with Crippen molar-refractivity contribution in [1.29, 1.82) is 0 Å². The fourth-order valence-corrected chi connectivity index (χ4v) is 4.36. The highest BCUT2D eigenvalue weighted by Gasteiger charge is 2.27. The van der Waals surface area contributed by atoms with E-state index >= 15 is 0 Å². The lowest BCUT2D eigenvalue weighted by atomic mass is 10.3. The van der Waals surface area contributed by atoms with Crippen LogP contribution in [0.4, 0.5) is 10.1 Å². The predicted octanol–water partition coefficient (Wildman–Crippen LogP) is 1.54. The Morgan fingerprint density at radius 1 is 1.28 bits per heavy atom. The van der Waals surface area contributed by atoms with E-state index in [1.165, 1.54) is 16.4 Å². The van der Waals surface area contributed by atoms with Gasteiger partial charge in [0.15, 0.2) is 0 Å². The number of nitrogen functional groups attached to an aromatic ring is 1. The molecule has 0 unspecified atom stereocenters. The molecule has 0 atom stereocenters. The van der Waals surface area contributed by atoms with E-state index in [0.717, 1.165) is 24.0 Å². The summed E-state index contributed by atoms with van der Waals surface area (Å²) in [5.41, 5.74) is 5.64. The van der Waals surface area contributed by atoms with E-state index in [2.05, 4.69) is 0 Å². The van der Waals surface area contributed by atoms with Crippen LogP contribution in [0.3, 0.4) is 0 Å². The quantitative estimate of drug-likeness (QED) is 0.839. The molecule has 0 aliphatic carbocycles. The monoisotopic (exact) mass is 290 g/mol. The summed E-state index contributed by atoms with van der Waals surface area (Å²) in [6, 6.07) is 3.68. The lowest BCUT2D eigenvalue weighted by molar-refractivity contribution is 0.430. The van der Waals surface area contributed by atoms with Gasteiger partial charge in [-0.1, -0.05) is 0 Å². The number of nitrogens with two attached hydrogens (primary N) is 1. The molecule has 2 N–H and O–H groups in total. The van der Waals surface area contributed by atoms with Crippen molar-refractivity contribution in [2.45, 2.75) is 11.3 Å². The first-order chi connectivity index (χ1) is 8.51. The molecule has 1 aromatic rings. The number of thioether (sulfide) groups is 1. The van der Waals surface area contributed by atoms with Crippen molar-refractivity contribution in [3.63, 3.8) is 0 Å². The SMILES string of the molecule is Nc1ccc(S(=O)(=O)N2CCCSCC2)c(F)c1. The minimum absolute atomic E-state index is 0.220. The number of benzene rings is 1. The third-order valence-electron chi connectivity index (χ3n) is 2.75. The highest BCUT2D eigenvalue weighted by atomic mass is 32.2. The third kappa shape index (κ3) is 2.78. The molecule has 1 fully saturated rings. The molecular weight excluding hydrogens is 275 g/mol. The molecule has 0 amide bonds. The van der Waals surface area contributed by atoms with Crippen molar-refractivity contribution in [2.24, 2.45) is 0 Å². The second-order valence-electron chi connectivity index (χ2n) is 4.06. The number of halogens is 1. The van der Waals surface area contributed by atoms with Crippen molar-refractivity contribution in [3.05, 3.63) is 24.0 Å². The van der Waals surface area contributed by atoms with Gasteiger partial charge in [0, 0.05) is 24.5 Å². The van der Waals surface area contributed by atoms with Gasteiger partial charge >= 0.3 is 0 Å². The molecule has 1 saturated heterocycles. The largest absolute Gasteiger partial charge is 0.399 e. The first-order valence-electron chi connectivity index (χ1n) is 5.65. The average molecular weight is 290 g/mol. The summed E-state index contributed by atoms with van der Waals surface area (Å²) in [4.78, 5) is -0.288. The Balaban J connectivity index is 2.34. The van der Waals surface area contributed by atoms with E-state index in [4.69, 9.17) is 5.73 Å². The molecule has 4 nitrogen and oxygen atoms in total. The van der Waals surface area contributed by atoms with Crippen LogP contribution in [-0.4, -0.2) is 37.3 Å². The van der Waals surface area contributed by atoms with Crippen molar-refractivity contribution in [3.8, 4) is 0 Å². The second-order valence-corrected chi connectivity index (χ2v) is 7.19. The molecular formula is C11H15FN2O2S2. The molecule has 0 radical (unpaired) electrons. The Morgan fingerprint density at radius 2 is 2.06 bits per heavy atom. The van der Waals surface area contributed by atoms with Gasteiger partial charge in [0.05, 0.1) is 0 Å². The smallest absolute Gasteiger partial charge is 0.246 e. The first-order valence-corrected chi connectivity index (χ1v) is 8.24. The Kier molecular flexibility index (Phi) is 4.14. The van der Waals surface area contributed by atoms with E-state index in [0.29, 0.717) is 13.1 Å². The summed E-state index contributed by atoms with van der Waals surface area (Å²) in [6.07, 6.45) is 0.792. The summed E-state index contributed by atoms with van der Waals surface area (Å²) in [5, 5.41) is 0. The molecule has 100 valence electrons. The van der Waals surface area contributed by atoms with Crippen molar-refractivity contribution >= 4 is 27.5 Å². The van der Waals surface area contributed by atoms with Crippen LogP contribution in [0, 0.1) is 5.82 Å². The average Bonchev–Trinajstić information content (AvgIpc) is 2.57. The molecule has 18 heavy (non-hydrogen) atoms. The van der Waals surface area contributed by atoms with Gasteiger partial charge in [-0.2, -0.15) is 16.1 Å². The zero-order valence-corrected chi connectivity index (χ0v) is 11.4. The molecule has 0 saturated carbocycles. The van der Waals surface area contributed by atoms with Gasteiger partial charge in [0.25, 0.3) is 0 Å². The number of hydrogen-bond donors (Lipinski definition) is 1. The lowest BCUT2D eigenvalue weighted by Gasteiger charge is -2.19. The van der Waals surface area contributed by atoms with Gasteiger partial charge in [-0.3, -0.25) is 0 Å². The number of anilines is 1. The molecule has 7 heteroatoms. The van der Waals surface area contributed by atoms with Crippen molar-refractivity contribution in [1.82, 2.24) is 4.31 Å². The Bertz CT molecular complexity index is 526. The third-order valence-corrected chi connectivity index (χ3v) is 5.74. The molecule has 0 aromatic heterocycles. The van der Waals surface area contributed by atoms with Crippen LogP contribution >= 0.6 is 11.8 Å². The summed E-state index contributed by atoms with van der Waals surface area (Å²) in [7, 11) is -3.74. The number of rotatable bonds is 2. The van der Waals surface area contributed by atoms with Crippen LogP contribution in [0.2, 0.25) is 0 Å². The van der Waals surface area contributed by atoms with E-state index < -0.39 is 15.8 Å². The van der Waals surface area contributed by atoms with E-state index in [-0.39, 0.29) is 10.6 Å². The Morgan fingerprint density at radius 3 is 2.78 bits per heavy atom. The summed E-state index contributed by atoms with van der Waals surface area (Å²) in [6.45, 7) is 0.871. The second kappa shape index (κ2) is 5.46. The van der Waals surface area contributed by atoms with E-state index in [1.807, 2.05) is 0 Å². The minimum atomic E-state index is -3.74. The van der Waals surface area contributed by atoms with Gasteiger partial charge in [-0.25, -0.2) is 12.8 Å². The topological polar surface area (TPSA) is 63.4 Å². The highest BCUT2D eigenvalue weighted by Crippen LogP contribution is 2.23. The molecule has 1 aliphatic rings. The first kappa shape index (κ1) is 13.6. The minimum Gasteiger partial charge on any atom is -0.399 e. The maximum absolute atomic E-state index is 13.7. The number of sulfonamides is 1. The van der Waals surface area contributed by atoms with Crippen LogP contribution in [0.1, 0.15) is 6.42 Å². The highest BCUT2D eigenvalue weighted by molar-refractivity contribution is 7.99. The normalized spacial score (nSPS) is 18.5. The molecule has 1 aromatic carbocycles. The van der Waals surface area contributed by atoms with Crippen LogP contribution in [0.15, 0.2) is 23.1 Å². The fraction of sp³-hybridized carbons (Fsp3) is 0.455. The summed E-state index contributed by atoms with van der Waals surface area (Å²) >= 11 is 1.72. The molecule has 1 aliphatic heterocycles. The van der Waals surface area contributed by atoms with E-state index in [9.17, 15) is 12.8 Å². The standard InChI is InChI=1S/C11H15FN2O2S2/c12-10-8-9(13)2-3-11(10)18(15,16)14-4-1-6-17-7-5-14/h2-3,8H,1,4-7,13H2.